The molecule has 0 heterocycles. The van der Waals surface area contributed by atoms with E-state index in [0.717, 1.165) is 0 Å². The summed E-state index contributed by atoms with van der Waals surface area (Å²) in [5.41, 5.74) is -0.866. The first-order chi connectivity index (χ1) is 7.42. The van der Waals surface area contributed by atoms with E-state index in [1.807, 2.05) is 0 Å². The van der Waals surface area contributed by atoms with Gasteiger partial charge in [0.1, 0.15) is 6.61 Å². The Hall–Kier alpha value is -0.910. The van der Waals surface area contributed by atoms with Crippen LogP contribution in [0.2, 0.25) is 0 Å². The number of rotatable bonds is 7. The van der Waals surface area contributed by atoms with Crippen LogP contribution in [0.4, 0.5) is 0 Å². The number of esters is 1. The van der Waals surface area contributed by atoms with Crippen molar-refractivity contribution in [1.82, 2.24) is 0 Å². The van der Waals surface area contributed by atoms with E-state index in [2.05, 4.69) is 6.58 Å². The van der Waals surface area contributed by atoms with Gasteiger partial charge in [0.15, 0.2) is 0 Å². The Morgan fingerprint density at radius 1 is 1.25 bits per heavy atom. The van der Waals surface area contributed by atoms with Gasteiger partial charge in [0, 0.05) is 5.57 Å². The van der Waals surface area contributed by atoms with Crippen molar-refractivity contribution < 1.29 is 24.9 Å². The number of carbonyl (C=O) groups is 1. The van der Waals surface area contributed by atoms with Crippen LogP contribution in [0.25, 0.3) is 0 Å². The molecule has 0 saturated heterocycles. The lowest BCUT2D eigenvalue weighted by Gasteiger charge is -2.26. The maximum Gasteiger partial charge on any atom is 0.333 e. The average Bonchev–Trinajstić information content (AvgIpc) is 2.30. The normalized spacial score (nSPS) is 11.6. The molecule has 0 aromatic carbocycles. The molecule has 0 aliphatic carbocycles. The van der Waals surface area contributed by atoms with Crippen molar-refractivity contribution in [2.75, 3.05) is 26.4 Å². The Morgan fingerprint density at radius 2 is 1.69 bits per heavy atom. The van der Waals surface area contributed by atoms with E-state index >= 15 is 0 Å². The lowest BCUT2D eigenvalue weighted by atomic mass is 9.92. The zero-order chi connectivity index (χ0) is 12.8. The van der Waals surface area contributed by atoms with Crippen molar-refractivity contribution in [3.63, 3.8) is 0 Å². The van der Waals surface area contributed by atoms with Gasteiger partial charge in [0.2, 0.25) is 0 Å². The monoisotopic (exact) mass is 232 g/mol. The maximum absolute atomic E-state index is 11.4. The highest BCUT2D eigenvalue weighted by Crippen LogP contribution is 2.17. The van der Waals surface area contributed by atoms with Gasteiger partial charge < -0.3 is 20.1 Å². The Kier molecular flexibility index (Phi) is 6.25. The Balaban J connectivity index is 4.32. The summed E-state index contributed by atoms with van der Waals surface area (Å²) in [4.78, 5) is 11.4. The smallest absolute Gasteiger partial charge is 0.333 e. The lowest BCUT2D eigenvalue weighted by molar-refractivity contribution is -0.147. The third-order valence-electron chi connectivity index (χ3n) is 2.47. The van der Waals surface area contributed by atoms with Crippen molar-refractivity contribution in [2.45, 2.75) is 13.8 Å². The predicted octanol–water partition coefficient (Wildman–Crippen LogP) is -0.295. The highest BCUT2D eigenvalue weighted by atomic mass is 16.5. The standard InChI is InChI=1S/C11H20O5/c1-8(2)9(3)10(15)16-7-11(4-12,5-13)6-14/h8,12-14H,3-7H2,1-2H3. The van der Waals surface area contributed by atoms with Crippen LogP contribution in [-0.2, 0) is 9.53 Å². The Labute approximate surface area is 95.4 Å². The number of aliphatic hydroxyl groups excluding tert-OH is 3. The molecular formula is C11H20O5. The van der Waals surface area contributed by atoms with Crippen molar-refractivity contribution in [1.29, 1.82) is 0 Å². The van der Waals surface area contributed by atoms with Gasteiger partial charge >= 0.3 is 5.97 Å². The Bertz CT molecular complexity index is 234. The van der Waals surface area contributed by atoms with Crippen LogP contribution in [0.5, 0.6) is 0 Å². The molecule has 3 N–H and O–H groups in total. The molecule has 0 aliphatic heterocycles. The molecule has 0 aromatic rings. The third kappa shape index (κ3) is 3.92. The topological polar surface area (TPSA) is 87.0 Å². The van der Waals surface area contributed by atoms with E-state index in [4.69, 9.17) is 20.1 Å². The molecule has 5 nitrogen and oxygen atoms in total. The predicted molar refractivity (Wildman–Crippen MR) is 58.6 cm³/mol. The van der Waals surface area contributed by atoms with E-state index in [1.54, 1.807) is 13.8 Å². The van der Waals surface area contributed by atoms with Crippen LogP contribution in [0.3, 0.4) is 0 Å². The minimum Gasteiger partial charge on any atom is -0.461 e. The quantitative estimate of drug-likeness (QED) is 0.414. The number of hydrogen-bond acceptors (Lipinski definition) is 5. The highest BCUT2D eigenvalue weighted by Gasteiger charge is 2.30. The van der Waals surface area contributed by atoms with Gasteiger partial charge in [-0.3, -0.25) is 0 Å². The van der Waals surface area contributed by atoms with Crippen LogP contribution in [0, 0.1) is 11.3 Å². The van der Waals surface area contributed by atoms with Crippen LogP contribution >= 0.6 is 0 Å². The van der Waals surface area contributed by atoms with Crippen molar-refractivity contribution in [3.8, 4) is 0 Å². The molecule has 0 unspecified atom stereocenters. The second kappa shape index (κ2) is 6.62. The third-order valence-corrected chi connectivity index (χ3v) is 2.47. The summed E-state index contributed by atoms with van der Waals surface area (Å²) in [6.07, 6.45) is 0. The first-order valence-corrected chi connectivity index (χ1v) is 5.11. The second-order valence-corrected chi connectivity index (χ2v) is 4.23. The van der Waals surface area contributed by atoms with Gasteiger partial charge in [-0.1, -0.05) is 20.4 Å². The summed E-state index contributed by atoms with van der Waals surface area (Å²) < 4.78 is 4.88. The number of ether oxygens (including phenoxy) is 1. The van der Waals surface area contributed by atoms with E-state index in [0.29, 0.717) is 5.57 Å². The van der Waals surface area contributed by atoms with Gasteiger partial charge in [-0.05, 0) is 5.92 Å². The Morgan fingerprint density at radius 3 is 2.00 bits per heavy atom. The zero-order valence-corrected chi connectivity index (χ0v) is 9.77. The molecule has 0 aromatic heterocycles. The molecule has 0 rings (SSSR count). The summed E-state index contributed by atoms with van der Waals surface area (Å²) in [6.45, 7) is 5.58. The minimum atomic E-state index is -1.19. The van der Waals surface area contributed by atoms with Crippen LogP contribution in [0.15, 0.2) is 12.2 Å². The number of carbonyl (C=O) groups excluding carboxylic acids is 1. The zero-order valence-electron chi connectivity index (χ0n) is 9.77. The summed E-state index contributed by atoms with van der Waals surface area (Å²) in [5, 5.41) is 27.0. The number of hydrogen-bond donors (Lipinski definition) is 3. The molecule has 5 heteroatoms. The highest BCUT2D eigenvalue weighted by molar-refractivity contribution is 5.88. The van der Waals surface area contributed by atoms with Gasteiger partial charge in [0.25, 0.3) is 0 Å². The van der Waals surface area contributed by atoms with Gasteiger partial charge in [0.05, 0.1) is 25.2 Å². The molecule has 0 radical (unpaired) electrons. The second-order valence-electron chi connectivity index (χ2n) is 4.23. The van der Waals surface area contributed by atoms with Crippen molar-refractivity contribution >= 4 is 5.97 Å². The SMILES string of the molecule is C=C(C(=O)OCC(CO)(CO)CO)C(C)C. The summed E-state index contributed by atoms with van der Waals surface area (Å²) in [6, 6.07) is 0. The maximum atomic E-state index is 11.4. The molecule has 94 valence electrons. The van der Waals surface area contributed by atoms with Gasteiger partial charge in [-0.2, -0.15) is 0 Å². The molecule has 0 bridgehead atoms. The molecule has 0 atom stereocenters. The van der Waals surface area contributed by atoms with Gasteiger partial charge in [-0.15, -0.1) is 0 Å². The van der Waals surface area contributed by atoms with Crippen LogP contribution in [-0.4, -0.2) is 47.7 Å². The summed E-state index contributed by atoms with van der Waals surface area (Å²) in [7, 11) is 0. The average molecular weight is 232 g/mol. The molecule has 0 aliphatic rings. The van der Waals surface area contributed by atoms with E-state index < -0.39 is 31.2 Å². The fourth-order valence-electron chi connectivity index (χ4n) is 0.834. The molecule has 16 heavy (non-hydrogen) atoms. The number of aliphatic hydroxyl groups is 3. The fourth-order valence-corrected chi connectivity index (χ4v) is 0.834. The van der Waals surface area contributed by atoms with Crippen LogP contribution in [0.1, 0.15) is 13.8 Å². The summed E-state index contributed by atoms with van der Waals surface area (Å²) in [5.74, 6) is -0.603. The first-order valence-electron chi connectivity index (χ1n) is 5.11. The largest absolute Gasteiger partial charge is 0.461 e. The summed E-state index contributed by atoms with van der Waals surface area (Å²) >= 11 is 0. The van der Waals surface area contributed by atoms with Crippen LogP contribution < -0.4 is 0 Å². The van der Waals surface area contributed by atoms with Gasteiger partial charge in [-0.25, -0.2) is 4.79 Å². The minimum absolute atomic E-state index is 0.0284. The van der Waals surface area contributed by atoms with E-state index in [9.17, 15) is 4.79 Å². The first kappa shape index (κ1) is 15.1. The van der Waals surface area contributed by atoms with E-state index in [1.165, 1.54) is 0 Å². The molecule has 0 saturated carbocycles. The molecule has 0 fully saturated rings. The van der Waals surface area contributed by atoms with E-state index in [-0.39, 0.29) is 12.5 Å². The fraction of sp³-hybridized carbons (Fsp3) is 0.727. The van der Waals surface area contributed by atoms with Crippen molar-refractivity contribution in [3.05, 3.63) is 12.2 Å². The molecule has 0 spiro atoms. The van der Waals surface area contributed by atoms with Crippen molar-refractivity contribution in [2.24, 2.45) is 11.3 Å². The molecule has 0 amide bonds. The molecular weight excluding hydrogens is 212 g/mol. The lowest BCUT2D eigenvalue weighted by Crippen LogP contribution is -2.39.